The van der Waals surface area contributed by atoms with E-state index in [-0.39, 0.29) is 47.0 Å². The van der Waals surface area contributed by atoms with Gasteiger partial charge in [0.25, 0.3) is 0 Å². The molecule has 1 unspecified atom stereocenters. The summed E-state index contributed by atoms with van der Waals surface area (Å²) in [7, 11) is 0. The van der Waals surface area contributed by atoms with Crippen LogP contribution in [0.15, 0.2) is 99.9 Å². The Morgan fingerprint density at radius 1 is 0.625 bits per heavy atom. The molecule has 0 fully saturated rings. The Balaban J connectivity index is 0.00000348. The maximum absolute atomic E-state index is 14.5. The molecule has 0 aromatic heterocycles. The average Bonchev–Trinajstić information content (AvgIpc) is 3.67. The summed E-state index contributed by atoms with van der Waals surface area (Å²) in [6.07, 6.45) is -3.27. The summed E-state index contributed by atoms with van der Waals surface area (Å²) in [6, 6.07) is 21.6. The Morgan fingerprint density at radius 2 is 1.16 bits per heavy atom. The number of fused-ring (bicyclic) bond motifs is 3. The average molecular weight is 891 g/mol. The minimum Gasteiger partial charge on any atom is -1.00 e. The largest absolute Gasteiger partial charge is 1.00 e. The normalized spacial score (nSPS) is 15.4. The third kappa shape index (κ3) is 9.11. The standard InChI is InChI=1S/C21H25.C15H8F6.C11H17.2ClH.Zr/c1-20(2,3)16-7-9-18-14(12-16)11-15-13-17(21(4,5)6)8-10-19(15)18;16-14(17,18)12-5-1-3-10(8-12)7-11-4-2-6-13(9-11)15(19,20)21;1-5-9-6-7-10(8-9)11(2,3)4;;;/h7-10,12H,11H2,1-6H3;1-6,8-9H;7-9H,5H2,1-4H3;2*1H;/q;;;;;+2/p-2. The van der Waals surface area contributed by atoms with Gasteiger partial charge in [-0.3, -0.25) is 0 Å². The van der Waals surface area contributed by atoms with Crippen molar-refractivity contribution in [2.75, 3.05) is 0 Å². The fourth-order valence-corrected chi connectivity index (χ4v) is 17.6. The Kier molecular flexibility index (Phi) is 13.2. The fraction of sp³-hybridized carbons (Fsp3) is 0.383. The van der Waals surface area contributed by atoms with Crippen molar-refractivity contribution >= 4 is 6.48 Å². The van der Waals surface area contributed by atoms with Gasteiger partial charge in [0.15, 0.2) is 0 Å². The van der Waals surface area contributed by atoms with Gasteiger partial charge in [0, 0.05) is 0 Å². The van der Waals surface area contributed by atoms with E-state index in [0.29, 0.717) is 20.8 Å². The van der Waals surface area contributed by atoms with Crippen LogP contribution in [0.25, 0.3) is 11.1 Å². The van der Waals surface area contributed by atoms with Crippen LogP contribution in [-0.4, -0.2) is 3.21 Å². The predicted molar refractivity (Wildman–Crippen MR) is 207 cm³/mol. The Hall–Kier alpha value is -2.73. The maximum atomic E-state index is 14.5. The van der Waals surface area contributed by atoms with Gasteiger partial charge in [-0.2, -0.15) is 0 Å². The van der Waals surface area contributed by atoms with Gasteiger partial charge in [-0.15, -0.1) is 0 Å². The third-order valence-electron chi connectivity index (χ3n) is 10.9. The topological polar surface area (TPSA) is 0 Å². The number of halogens is 8. The van der Waals surface area contributed by atoms with Crippen molar-refractivity contribution in [2.45, 2.75) is 105 Å². The summed E-state index contributed by atoms with van der Waals surface area (Å²) < 4.78 is 89.9. The first-order valence-electron chi connectivity index (χ1n) is 18.7. The SMILES string of the molecule is CCC1C=C(C(C)(C)C)C=[C]1[Zr+2](=[C](c1cccc(C(F)(F)F)c1)c1cccc(C(F)(F)F)c1)[c]1c(C(C)(C)C)ccc2c1Cc1cc(C(C)(C)C)ccc1-2.[Cl-].[Cl-]. The molecule has 1 atom stereocenters. The number of allylic oxidation sites excluding steroid dienone is 4. The molecule has 2 aliphatic carbocycles. The van der Waals surface area contributed by atoms with E-state index in [1.54, 1.807) is 12.1 Å². The van der Waals surface area contributed by atoms with E-state index >= 15 is 0 Å². The zero-order chi connectivity index (χ0) is 39.8. The predicted octanol–water partition coefficient (Wildman–Crippen LogP) is 7.31. The molecule has 0 amide bonds. The summed E-state index contributed by atoms with van der Waals surface area (Å²) in [5.41, 5.74) is 6.48. The smallest absolute Gasteiger partial charge is 1.00 e. The number of hydrogen-bond donors (Lipinski definition) is 0. The maximum Gasteiger partial charge on any atom is -1.00 e. The van der Waals surface area contributed by atoms with Crippen LogP contribution in [0.1, 0.15) is 120 Å². The summed E-state index contributed by atoms with van der Waals surface area (Å²) in [5, 5.41) is 0. The molecule has 56 heavy (non-hydrogen) atoms. The molecule has 0 N–H and O–H groups in total. The van der Waals surface area contributed by atoms with Crippen molar-refractivity contribution in [3.05, 3.63) is 144 Å². The molecule has 0 nitrogen and oxygen atoms in total. The van der Waals surface area contributed by atoms with Gasteiger partial charge in [-0.1, -0.05) is 0 Å². The summed E-state index contributed by atoms with van der Waals surface area (Å²) in [6.45, 7) is 21.6. The van der Waals surface area contributed by atoms with Crippen molar-refractivity contribution in [3.8, 4) is 11.1 Å². The molecule has 0 aliphatic heterocycles. The molecule has 6 rings (SSSR count). The van der Waals surface area contributed by atoms with Gasteiger partial charge in [-0.05, 0) is 0 Å². The van der Waals surface area contributed by atoms with E-state index in [4.69, 9.17) is 0 Å². The molecule has 2 aliphatic rings. The third-order valence-corrected chi connectivity index (χ3v) is 18.9. The van der Waals surface area contributed by atoms with Crippen molar-refractivity contribution in [2.24, 2.45) is 11.3 Å². The van der Waals surface area contributed by atoms with Gasteiger partial charge >= 0.3 is 326 Å². The molecular weight excluding hydrogens is 841 g/mol. The van der Waals surface area contributed by atoms with Crippen LogP contribution in [0.3, 0.4) is 0 Å². The second-order valence-corrected chi connectivity index (χ2v) is 23.7. The first-order chi connectivity index (χ1) is 24.9. The van der Waals surface area contributed by atoms with Gasteiger partial charge < -0.3 is 24.8 Å². The molecule has 4 aromatic carbocycles. The minimum atomic E-state index is -4.63. The first-order valence-corrected chi connectivity index (χ1v) is 22.4. The van der Waals surface area contributed by atoms with Crippen molar-refractivity contribution in [3.63, 3.8) is 0 Å². The molecule has 0 saturated heterocycles. The molecule has 0 radical (unpaired) electrons. The number of rotatable bonds is 5. The van der Waals surface area contributed by atoms with Gasteiger partial charge in [0.2, 0.25) is 0 Å². The van der Waals surface area contributed by atoms with E-state index < -0.39 is 44.7 Å². The molecule has 0 heterocycles. The monoisotopic (exact) mass is 888 g/mol. The van der Waals surface area contributed by atoms with E-state index in [1.807, 2.05) is 0 Å². The van der Waals surface area contributed by atoms with Crippen LogP contribution in [0.4, 0.5) is 26.3 Å². The van der Waals surface area contributed by atoms with Gasteiger partial charge in [-0.25, -0.2) is 0 Å². The minimum absolute atomic E-state index is 0. The zero-order valence-corrected chi connectivity index (χ0v) is 37.6. The molecule has 0 spiro atoms. The Labute approximate surface area is 348 Å². The summed E-state index contributed by atoms with van der Waals surface area (Å²) in [4.78, 5) is 0. The molecule has 9 heteroatoms. The first kappa shape index (κ1) is 46.0. The number of benzene rings is 4. The van der Waals surface area contributed by atoms with Crippen LogP contribution in [0, 0.1) is 11.3 Å². The quantitative estimate of drug-likeness (QED) is 0.163. The van der Waals surface area contributed by atoms with Crippen molar-refractivity contribution in [1.29, 1.82) is 0 Å². The number of hydrogen-bond acceptors (Lipinski definition) is 0. The van der Waals surface area contributed by atoms with Crippen LogP contribution in [0.2, 0.25) is 0 Å². The fourth-order valence-electron chi connectivity index (χ4n) is 7.92. The van der Waals surface area contributed by atoms with Crippen molar-refractivity contribution < 1.29 is 72.4 Å². The van der Waals surface area contributed by atoms with Gasteiger partial charge in [0.05, 0.1) is 0 Å². The van der Waals surface area contributed by atoms with E-state index in [0.717, 1.165) is 61.8 Å². The van der Waals surface area contributed by atoms with Crippen LogP contribution < -0.4 is 28.1 Å². The second kappa shape index (κ2) is 16.1. The van der Waals surface area contributed by atoms with Crippen LogP contribution in [-0.2, 0) is 50.9 Å². The molecule has 4 aromatic rings. The van der Waals surface area contributed by atoms with Crippen molar-refractivity contribution in [1.82, 2.24) is 0 Å². The zero-order valence-electron chi connectivity index (χ0n) is 33.7. The molecule has 0 saturated carbocycles. The summed E-state index contributed by atoms with van der Waals surface area (Å²) in [5.74, 6) is 0.000156. The molecular formula is C47H50Cl2F6Zr. The molecule has 0 bridgehead atoms. The van der Waals surface area contributed by atoms with E-state index in [9.17, 15) is 26.3 Å². The van der Waals surface area contributed by atoms with Crippen LogP contribution >= 0.6 is 0 Å². The summed E-state index contributed by atoms with van der Waals surface area (Å²) >= 11 is -3.85. The Morgan fingerprint density at radius 3 is 1.62 bits per heavy atom. The van der Waals surface area contributed by atoms with E-state index in [1.165, 1.54) is 26.5 Å². The second-order valence-electron chi connectivity index (χ2n) is 18.0. The van der Waals surface area contributed by atoms with Gasteiger partial charge in [0.1, 0.15) is 0 Å². The van der Waals surface area contributed by atoms with Crippen LogP contribution in [0.5, 0.6) is 0 Å². The number of alkyl halides is 6. The van der Waals surface area contributed by atoms with E-state index in [2.05, 4.69) is 112 Å². The molecule has 298 valence electrons. The Bertz CT molecular complexity index is 2160.